The van der Waals surface area contributed by atoms with Gasteiger partial charge in [0, 0.05) is 55.4 Å². The molecule has 0 saturated carbocycles. The third-order valence-electron chi connectivity index (χ3n) is 11.5. The minimum absolute atomic E-state index is 0. The van der Waals surface area contributed by atoms with E-state index >= 15 is 0 Å². The molecule has 0 radical (unpaired) electrons. The van der Waals surface area contributed by atoms with Crippen LogP contribution in [-0.4, -0.2) is 9.55 Å². The molecule has 3 heterocycles. The van der Waals surface area contributed by atoms with Crippen molar-refractivity contribution in [2.75, 3.05) is 9.80 Å². The van der Waals surface area contributed by atoms with Crippen LogP contribution in [0.15, 0.2) is 128 Å². The van der Waals surface area contributed by atoms with Crippen LogP contribution in [-0.2, 0) is 42.7 Å². The molecule has 1 aliphatic rings. The van der Waals surface area contributed by atoms with Crippen LogP contribution >= 0.6 is 0 Å². The molecule has 1 aliphatic heterocycles. The van der Waals surface area contributed by atoms with Crippen molar-refractivity contribution < 1.29 is 25.8 Å². The van der Waals surface area contributed by atoms with E-state index in [1.54, 1.807) is 0 Å². The van der Waals surface area contributed by atoms with E-state index < -0.39 is 0 Å². The first-order valence-electron chi connectivity index (χ1n) is 20.4. The third kappa shape index (κ3) is 8.37. The fourth-order valence-corrected chi connectivity index (χ4v) is 7.67. The Morgan fingerprint density at radius 3 is 1.85 bits per heavy atom. The summed E-state index contributed by atoms with van der Waals surface area (Å²) >= 11 is 0. The van der Waals surface area contributed by atoms with E-state index in [1.807, 2.05) is 12.3 Å². The van der Waals surface area contributed by atoms with Crippen LogP contribution in [0.1, 0.15) is 104 Å². The van der Waals surface area contributed by atoms with Crippen LogP contribution in [0, 0.1) is 18.8 Å². The number of hydrogen-bond donors (Lipinski definition) is 0. The minimum atomic E-state index is -0.216. The molecule has 0 fully saturated rings. The Kier molecular flexibility index (Phi) is 11.0. The zero-order chi connectivity index (χ0) is 41.2. The van der Waals surface area contributed by atoms with Gasteiger partial charge in [-0.1, -0.05) is 136 Å². The van der Waals surface area contributed by atoms with Crippen LogP contribution in [0.4, 0.5) is 11.4 Å². The Morgan fingerprint density at radius 2 is 1.17 bits per heavy atom. The molecule has 306 valence electrons. The van der Waals surface area contributed by atoms with Crippen molar-refractivity contribution in [1.82, 2.24) is 9.55 Å². The van der Waals surface area contributed by atoms with E-state index in [9.17, 15) is 0 Å². The standard InChI is InChI=1S/C53H55N4O.Pt/c1-50(2,3)38-27-39(51(4,5)6)29-41(28-38)55-25-26-56(35-55)42-30-40(52(7,8)9)31-44(33-42)58-43-21-22-46-45-19-15-16-20-47(45)57(48(46)34-43)49-32-37(23-24-54-49)53(10,11)36-17-13-12-14-18-36;/h12-32,35H,1-11H3;/q-3;. The summed E-state index contributed by atoms with van der Waals surface area (Å²) in [4.78, 5) is 9.26. The summed E-state index contributed by atoms with van der Waals surface area (Å²) in [5.74, 6) is 2.09. The molecule has 0 N–H and O–H groups in total. The number of pyridine rings is 1. The van der Waals surface area contributed by atoms with Gasteiger partial charge in [-0.15, -0.1) is 53.6 Å². The minimum Gasteiger partial charge on any atom is -0.509 e. The number of para-hydroxylation sites is 1. The van der Waals surface area contributed by atoms with Crippen molar-refractivity contribution in [3.8, 4) is 17.3 Å². The summed E-state index contributed by atoms with van der Waals surface area (Å²) in [6.45, 7) is 27.0. The van der Waals surface area contributed by atoms with Crippen LogP contribution < -0.4 is 14.5 Å². The van der Waals surface area contributed by atoms with Gasteiger partial charge in [0.05, 0.1) is 0 Å². The van der Waals surface area contributed by atoms with Crippen LogP contribution in [0.2, 0.25) is 0 Å². The first-order chi connectivity index (χ1) is 27.4. The van der Waals surface area contributed by atoms with Gasteiger partial charge in [0.15, 0.2) is 0 Å². The zero-order valence-corrected chi connectivity index (χ0v) is 38.5. The molecule has 6 heteroatoms. The first kappa shape index (κ1) is 42.0. The van der Waals surface area contributed by atoms with Gasteiger partial charge in [-0.25, -0.2) is 4.98 Å². The van der Waals surface area contributed by atoms with E-state index in [1.165, 1.54) is 22.3 Å². The van der Waals surface area contributed by atoms with E-state index in [4.69, 9.17) is 9.72 Å². The van der Waals surface area contributed by atoms with Crippen LogP contribution in [0.3, 0.4) is 0 Å². The van der Waals surface area contributed by atoms with Crippen molar-refractivity contribution in [2.24, 2.45) is 0 Å². The summed E-state index contributed by atoms with van der Waals surface area (Å²) in [5.41, 5.74) is 9.95. The number of ether oxygens (including phenoxy) is 1. The fourth-order valence-electron chi connectivity index (χ4n) is 7.67. The van der Waals surface area contributed by atoms with E-state index in [2.05, 4.69) is 225 Å². The number of rotatable bonds is 7. The molecular formula is C53H55N4OPt-3. The average Bonchev–Trinajstić information content (AvgIpc) is 3.81. The van der Waals surface area contributed by atoms with Crippen LogP contribution in [0.5, 0.6) is 11.5 Å². The van der Waals surface area contributed by atoms with Crippen molar-refractivity contribution in [3.63, 3.8) is 0 Å². The predicted octanol–water partition coefficient (Wildman–Crippen LogP) is 13.7. The van der Waals surface area contributed by atoms with Crippen molar-refractivity contribution in [3.05, 3.63) is 174 Å². The van der Waals surface area contributed by atoms with Crippen molar-refractivity contribution in [2.45, 2.75) is 97.8 Å². The Balaban J connectivity index is 0.00000528. The van der Waals surface area contributed by atoms with Crippen molar-refractivity contribution >= 4 is 33.2 Å². The van der Waals surface area contributed by atoms with Gasteiger partial charge in [-0.05, 0) is 86.6 Å². The quantitative estimate of drug-likeness (QED) is 0.149. The average molecular weight is 959 g/mol. The molecule has 0 aliphatic carbocycles. The van der Waals surface area contributed by atoms with Crippen molar-refractivity contribution in [1.29, 1.82) is 0 Å². The molecule has 0 bridgehead atoms. The van der Waals surface area contributed by atoms with Gasteiger partial charge in [0.25, 0.3) is 0 Å². The Labute approximate surface area is 366 Å². The second-order valence-corrected chi connectivity index (χ2v) is 19.3. The molecule has 8 rings (SSSR count). The maximum Gasteiger partial charge on any atom is 0.135 e. The summed E-state index contributed by atoms with van der Waals surface area (Å²) in [7, 11) is 0. The van der Waals surface area contributed by atoms with E-state index in [0.29, 0.717) is 11.5 Å². The van der Waals surface area contributed by atoms with E-state index in [-0.39, 0.29) is 42.7 Å². The Morgan fingerprint density at radius 1 is 0.542 bits per heavy atom. The predicted molar refractivity (Wildman–Crippen MR) is 242 cm³/mol. The zero-order valence-electron chi connectivity index (χ0n) is 36.2. The number of hydrogen-bond acceptors (Lipinski definition) is 4. The molecule has 0 amide bonds. The molecule has 5 nitrogen and oxygen atoms in total. The smallest absolute Gasteiger partial charge is 0.135 e. The fraction of sp³-hybridized carbons (Fsp3) is 0.283. The number of aromatic nitrogens is 2. The van der Waals surface area contributed by atoms with E-state index in [0.717, 1.165) is 44.6 Å². The molecule has 5 aromatic carbocycles. The molecule has 0 atom stereocenters. The Hall–Kier alpha value is -5.12. The molecule has 0 saturated heterocycles. The molecule has 0 unspecified atom stereocenters. The molecular weight excluding hydrogens is 904 g/mol. The normalized spacial score (nSPS) is 13.7. The maximum absolute atomic E-state index is 6.74. The maximum atomic E-state index is 6.74. The first-order valence-corrected chi connectivity index (χ1v) is 20.4. The summed E-state index contributed by atoms with van der Waals surface area (Å²) in [6.07, 6.45) is 6.14. The van der Waals surface area contributed by atoms with Gasteiger partial charge < -0.3 is 19.1 Å². The largest absolute Gasteiger partial charge is 0.509 e. The van der Waals surface area contributed by atoms with Gasteiger partial charge in [-0.2, -0.15) is 6.07 Å². The second kappa shape index (κ2) is 15.5. The summed E-state index contributed by atoms with van der Waals surface area (Å²) < 4.78 is 8.95. The molecule has 0 spiro atoms. The van der Waals surface area contributed by atoms with Gasteiger partial charge in [-0.3, -0.25) is 0 Å². The van der Waals surface area contributed by atoms with Gasteiger partial charge >= 0.3 is 0 Å². The van der Waals surface area contributed by atoms with Gasteiger partial charge in [0.2, 0.25) is 0 Å². The summed E-state index contributed by atoms with van der Waals surface area (Å²) in [6, 6.07) is 46.2. The number of nitrogens with zero attached hydrogens (tertiary/aromatic N) is 4. The number of fused-ring (bicyclic) bond motifs is 3. The monoisotopic (exact) mass is 958 g/mol. The number of benzene rings is 5. The molecule has 7 aromatic rings. The Bertz CT molecular complexity index is 2640. The topological polar surface area (TPSA) is 33.5 Å². The van der Waals surface area contributed by atoms with Gasteiger partial charge in [0.1, 0.15) is 5.82 Å². The SMILES string of the molecule is CC(C)(C)c1cc(Oc2[c-]c3c(cc2)c2ccccc2n3-c2cc(C(C)(C)c3ccccc3)ccn2)[c-]c(N2C=CN(c3cc(C(C)(C)C)cc(C(C)(C)C)c3)[CH-]2)c1.[Pt]. The second-order valence-electron chi connectivity index (χ2n) is 19.3. The van der Waals surface area contributed by atoms with Crippen LogP contribution in [0.25, 0.3) is 27.6 Å². The third-order valence-corrected chi connectivity index (χ3v) is 11.5. The number of anilines is 2. The molecule has 59 heavy (non-hydrogen) atoms. The summed E-state index contributed by atoms with van der Waals surface area (Å²) in [5, 5.41) is 2.23. The molecule has 2 aromatic heterocycles.